The highest BCUT2D eigenvalue weighted by Gasteiger charge is 2.00. The maximum atomic E-state index is 5.69. The molecule has 70 valence electrons. The summed E-state index contributed by atoms with van der Waals surface area (Å²) in [5, 5.41) is 3.63. The first-order valence-corrected chi connectivity index (χ1v) is 3.80. The fourth-order valence-corrected chi connectivity index (χ4v) is 0.934. The Balaban J connectivity index is 3.04. The van der Waals surface area contributed by atoms with Gasteiger partial charge in [-0.25, -0.2) is 11.4 Å². The first-order valence-electron chi connectivity index (χ1n) is 3.80. The van der Waals surface area contributed by atoms with Crippen molar-refractivity contribution in [2.45, 2.75) is 6.92 Å². The molecule has 0 unspecified atom stereocenters. The molecule has 0 saturated heterocycles. The van der Waals surface area contributed by atoms with Crippen LogP contribution in [0.15, 0.2) is 23.3 Å². The second kappa shape index (κ2) is 3.77. The average Bonchev–Trinajstić information content (AvgIpc) is 2.10. The lowest BCUT2D eigenvalue weighted by atomic mass is 10.1. The van der Waals surface area contributed by atoms with E-state index in [4.69, 9.17) is 17.3 Å². The second-order valence-corrected chi connectivity index (χ2v) is 2.70. The molecule has 1 aromatic rings. The number of hydrogen-bond donors (Lipinski definition) is 4. The molecule has 0 aliphatic heterocycles. The van der Waals surface area contributed by atoms with Crippen molar-refractivity contribution in [3.8, 4) is 0 Å². The lowest BCUT2D eigenvalue weighted by molar-refractivity contribution is 0.804. The molecule has 0 fully saturated rings. The predicted octanol–water partition coefficient (Wildman–Crippen LogP) is -0.339. The van der Waals surface area contributed by atoms with Gasteiger partial charge < -0.3 is 11.5 Å². The third-order valence-corrected chi connectivity index (χ3v) is 1.76. The molecule has 5 heteroatoms. The molecule has 0 heterocycles. The average molecular weight is 179 g/mol. The van der Waals surface area contributed by atoms with E-state index in [1.807, 2.05) is 19.1 Å². The van der Waals surface area contributed by atoms with Crippen LogP contribution in [-0.4, -0.2) is 5.84 Å². The van der Waals surface area contributed by atoms with Crippen molar-refractivity contribution in [3.63, 3.8) is 0 Å². The van der Waals surface area contributed by atoms with Crippen LogP contribution in [0, 0.1) is 6.92 Å². The lowest BCUT2D eigenvalue weighted by Gasteiger charge is -2.03. The van der Waals surface area contributed by atoms with Gasteiger partial charge in [0, 0.05) is 11.3 Å². The molecule has 0 aliphatic rings. The summed E-state index contributed by atoms with van der Waals surface area (Å²) in [6, 6.07) is 5.47. The van der Waals surface area contributed by atoms with E-state index >= 15 is 0 Å². The molecule has 1 aromatic carbocycles. The topological polar surface area (TPSA) is 102 Å². The number of benzene rings is 1. The molecular formula is C8H13N5. The van der Waals surface area contributed by atoms with Crippen LogP contribution in [0.1, 0.15) is 11.1 Å². The molecule has 0 bridgehead atoms. The number of hydrazine groups is 1. The first-order chi connectivity index (χ1) is 6.15. The smallest absolute Gasteiger partial charge is 0.152 e. The highest BCUT2D eigenvalue weighted by Crippen LogP contribution is 2.12. The Bertz CT molecular complexity index is 331. The van der Waals surface area contributed by atoms with Crippen LogP contribution in [0.2, 0.25) is 0 Å². The van der Waals surface area contributed by atoms with Crippen molar-refractivity contribution in [2.24, 2.45) is 16.7 Å². The Labute approximate surface area is 76.6 Å². The number of anilines is 1. The summed E-state index contributed by atoms with van der Waals surface area (Å²) in [7, 11) is 0. The van der Waals surface area contributed by atoms with Gasteiger partial charge in [-0.2, -0.15) is 0 Å². The molecule has 0 spiro atoms. The fourth-order valence-electron chi connectivity index (χ4n) is 0.934. The third-order valence-electron chi connectivity index (χ3n) is 1.76. The van der Waals surface area contributed by atoms with Crippen molar-refractivity contribution < 1.29 is 0 Å². The van der Waals surface area contributed by atoms with E-state index in [0.717, 1.165) is 11.1 Å². The fraction of sp³-hybridized carbons (Fsp3) is 0.125. The van der Waals surface area contributed by atoms with Crippen LogP contribution in [0.4, 0.5) is 5.69 Å². The summed E-state index contributed by atoms with van der Waals surface area (Å²) in [6.45, 7) is 1.92. The number of hydrogen-bond acceptors (Lipinski definition) is 4. The first kappa shape index (κ1) is 9.34. The zero-order valence-electron chi connectivity index (χ0n) is 7.41. The maximum absolute atomic E-state index is 5.69. The van der Waals surface area contributed by atoms with Gasteiger partial charge in [-0.1, -0.05) is 12.1 Å². The Morgan fingerprint density at radius 3 is 2.69 bits per heavy atom. The quantitative estimate of drug-likeness (QED) is 0.164. The molecular weight excluding hydrogens is 166 g/mol. The monoisotopic (exact) mass is 179 g/mol. The highest BCUT2D eigenvalue weighted by atomic mass is 15.5. The molecule has 0 amide bonds. The van der Waals surface area contributed by atoms with Crippen LogP contribution in [0.5, 0.6) is 0 Å². The van der Waals surface area contributed by atoms with Gasteiger partial charge in [-0.05, 0) is 18.6 Å². The van der Waals surface area contributed by atoms with Crippen LogP contribution in [-0.2, 0) is 0 Å². The standard InChI is InChI=1S/C8H13N5/c1-5-2-3-6(4-7(5)9)8(10)12-13-11/h2-4,13H,9,11H2,1H3,(H2,10,12). The number of hydrazone groups is 1. The molecule has 0 radical (unpaired) electrons. The zero-order valence-corrected chi connectivity index (χ0v) is 7.41. The predicted molar refractivity (Wildman–Crippen MR) is 53.6 cm³/mol. The molecule has 1 rings (SSSR count). The number of amidine groups is 1. The van der Waals surface area contributed by atoms with Crippen LogP contribution < -0.4 is 22.8 Å². The van der Waals surface area contributed by atoms with Crippen molar-refractivity contribution >= 4 is 11.5 Å². The Morgan fingerprint density at radius 1 is 1.46 bits per heavy atom. The number of rotatable bonds is 2. The minimum atomic E-state index is 0.314. The molecule has 0 saturated carbocycles. The Morgan fingerprint density at radius 2 is 2.15 bits per heavy atom. The summed E-state index contributed by atoms with van der Waals surface area (Å²) in [4.78, 5) is 0. The Kier molecular flexibility index (Phi) is 2.71. The van der Waals surface area contributed by atoms with E-state index in [1.165, 1.54) is 0 Å². The molecule has 0 atom stereocenters. The summed E-state index contributed by atoms with van der Waals surface area (Å²) in [5.41, 5.74) is 15.8. The van der Waals surface area contributed by atoms with Gasteiger partial charge in [0.25, 0.3) is 0 Å². The van der Waals surface area contributed by atoms with Gasteiger partial charge in [-0.15, -0.1) is 5.10 Å². The van der Waals surface area contributed by atoms with Crippen molar-refractivity contribution in [2.75, 3.05) is 5.73 Å². The van der Waals surface area contributed by atoms with Crippen molar-refractivity contribution in [1.82, 2.24) is 5.53 Å². The lowest BCUT2D eigenvalue weighted by Crippen LogP contribution is -2.23. The molecule has 0 aromatic heterocycles. The van der Waals surface area contributed by atoms with Gasteiger partial charge in [0.15, 0.2) is 5.84 Å². The second-order valence-electron chi connectivity index (χ2n) is 2.70. The summed E-state index contributed by atoms with van der Waals surface area (Å²) >= 11 is 0. The molecule has 0 aliphatic carbocycles. The van der Waals surface area contributed by atoms with E-state index in [9.17, 15) is 0 Å². The van der Waals surface area contributed by atoms with Gasteiger partial charge in [0.2, 0.25) is 0 Å². The number of nitrogens with two attached hydrogens (primary N) is 3. The zero-order chi connectivity index (χ0) is 9.84. The van der Waals surface area contributed by atoms with E-state index in [2.05, 4.69) is 10.6 Å². The summed E-state index contributed by atoms with van der Waals surface area (Å²) in [6.07, 6.45) is 0. The van der Waals surface area contributed by atoms with Crippen LogP contribution >= 0.6 is 0 Å². The minimum Gasteiger partial charge on any atom is -0.398 e. The van der Waals surface area contributed by atoms with Crippen molar-refractivity contribution in [1.29, 1.82) is 0 Å². The van der Waals surface area contributed by atoms with E-state index in [1.54, 1.807) is 6.07 Å². The van der Waals surface area contributed by atoms with Gasteiger partial charge in [-0.3, -0.25) is 0 Å². The largest absolute Gasteiger partial charge is 0.398 e. The minimum absolute atomic E-state index is 0.314. The van der Waals surface area contributed by atoms with Crippen molar-refractivity contribution in [3.05, 3.63) is 29.3 Å². The van der Waals surface area contributed by atoms with Gasteiger partial charge in [0.1, 0.15) is 0 Å². The summed E-state index contributed by atoms with van der Waals surface area (Å²) in [5.74, 6) is 5.30. The SMILES string of the molecule is Cc1ccc(/C(N)=N/NN)cc1N. The number of nitrogen functional groups attached to an aromatic ring is 1. The van der Waals surface area contributed by atoms with E-state index in [-0.39, 0.29) is 0 Å². The molecule has 5 nitrogen and oxygen atoms in total. The van der Waals surface area contributed by atoms with Crippen LogP contribution in [0.3, 0.4) is 0 Å². The van der Waals surface area contributed by atoms with E-state index < -0.39 is 0 Å². The molecule has 7 N–H and O–H groups in total. The number of aryl methyl sites for hydroxylation is 1. The van der Waals surface area contributed by atoms with E-state index in [0.29, 0.717) is 11.5 Å². The van der Waals surface area contributed by atoms with Crippen LogP contribution in [0.25, 0.3) is 0 Å². The maximum Gasteiger partial charge on any atom is 0.152 e. The third kappa shape index (κ3) is 2.09. The summed E-state index contributed by atoms with van der Waals surface area (Å²) < 4.78 is 0. The van der Waals surface area contributed by atoms with Gasteiger partial charge in [0.05, 0.1) is 0 Å². The van der Waals surface area contributed by atoms with Gasteiger partial charge >= 0.3 is 0 Å². The highest BCUT2D eigenvalue weighted by molar-refractivity contribution is 5.98. The molecule has 13 heavy (non-hydrogen) atoms. The number of nitrogens with zero attached hydrogens (tertiary/aromatic N) is 1. The Hall–Kier alpha value is -1.75. The number of nitrogens with one attached hydrogen (secondary N) is 1. The normalized spacial score (nSPS) is 11.4.